The van der Waals surface area contributed by atoms with Crippen LogP contribution in [0.15, 0.2) is 30.3 Å². The van der Waals surface area contributed by atoms with E-state index in [4.69, 9.17) is 0 Å². The van der Waals surface area contributed by atoms with Crippen LogP contribution < -0.4 is 0 Å². The lowest BCUT2D eigenvalue weighted by molar-refractivity contribution is -0.546. The number of rotatable bonds is 2. The SMILES string of the molecule is O=[N+]([O-])C1(c2ccccc2)CC1. The fourth-order valence-electron chi connectivity index (χ4n) is 1.44. The van der Waals surface area contributed by atoms with Crippen molar-refractivity contribution in [3.63, 3.8) is 0 Å². The zero-order valence-corrected chi connectivity index (χ0v) is 6.56. The second-order valence-corrected chi connectivity index (χ2v) is 3.15. The summed E-state index contributed by atoms with van der Waals surface area (Å²) in [4.78, 5) is 10.5. The Morgan fingerprint density at radius 3 is 2.25 bits per heavy atom. The molecule has 3 heteroatoms. The zero-order valence-electron chi connectivity index (χ0n) is 6.56. The third-order valence-corrected chi connectivity index (χ3v) is 2.38. The summed E-state index contributed by atoms with van der Waals surface area (Å²) >= 11 is 0. The zero-order chi connectivity index (χ0) is 8.60. The molecule has 0 heterocycles. The minimum Gasteiger partial charge on any atom is -0.264 e. The van der Waals surface area contributed by atoms with Crippen molar-refractivity contribution >= 4 is 0 Å². The summed E-state index contributed by atoms with van der Waals surface area (Å²) in [5, 5.41) is 10.7. The van der Waals surface area contributed by atoms with Crippen LogP contribution >= 0.6 is 0 Å². The molecule has 0 aliphatic heterocycles. The van der Waals surface area contributed by atoms with E-state index in [-0.39, 0.29) is 4.92 Å². The van der Waals surface area contributed by atoms with E-state index in [1.54, 1.807) is 0 Å². The predicted molar refractivity (Wildman–Crippen MR) is 44.3 cm³/mol. The van der Waals surface area contributed by atoms with Crippen LogP contribution in [0.5, 0.6) is 0 Å². The summed E-state index contributed by atoms with van der Waals surface area (Å²) in [6.45, 7) is 0. The van der Waals surface area contributed by atoms with E-state index in [1.165, 1.54) is 0 Å². The second kappa shape index (κ2) is 2.30. The van der Waals surface area contributed by atoms with Gasteiger partial charge in [0.05, 0.1) is 0 Å². The van der Waals surface area contributed by atoms with Gasteiger partial charge in [-0.25, -0.2) is 0 Å². The van der Waals surface area contributed by atoms with Crippen LogP contribution in [-0.4, -0.2) is 4.92 Å². The lowest BCUT2D eigenvalue weighted by Crippen LogP contribution is -2.17. The van der Waals surface area contributed by atoms with Crippen LogP contribution in [-0.2, 0) is 5.54 Å². The summed E-state index contributed by atoms with van der Waals surface area (Å²) in [7, 11) is 0. The molecule has 0 amide bonds. The van der Waals surface area contributed by atoms with E-state index in [1.807, 2.05) is 30.3 Å². The number of nitro groups is 1. The van der Waals surface area contributed by atoms with Crippen LogP contribution in [0.2, 0.25) is 0 Å². The van der Waals surface area contributed by atoms with E-state index >= 15 is 0 Å². The van der Waals surface area contributed by atoms with Gasteiger partial charge in [0, 0.05) is 23.3 Å². The quantitative estimate of drug-likeness (QED) is 0.494. The summed E-state index contributed by atoms with van der Waals surface area (Å²) < 4.78 is 0. The van der Waals surface area contributed by atoms with Gasteiger partial charge in [-0.2, -0.15) is 0 Å². The van der Waals surface area contributed by atoms with E-state index in [2.05, 4.69) is 0 Å². The van der Waals surface area contributed by atoms with Gasteiger partial charge in [0.25, 0.3) is 0 Å². The fraction of sp³-hybridized carbons (Fsp3) is 0.333. The number of nitrogens with zero attached hydrogens (tertiary/aromatic N) is 1. The highest BCUT2D eigenvalue weighted by Gasteiger charge is 2.57. The Labute approximate surface area is 70.2 Å². The van der Waals surface area contributed by atoms with Crippen LogP contribution in [0.3, 0.4) is 0 Å². The molecule has 0 saturated heterocycles. The normalized spacial score (nSPS) is 18.7. The predicted octanol–water partition coefficient (Wildman–Crippen LogP) is 1.95. The molecular weight excluding hydrogens is 154 g/mol. The van der Waals surface area contributed by atoms with Crippen molar-refractivity contribution < 1.29 is 4.92 Å². The molecule has 1 saturated carbocycles. The first-order valence-corrected chi connectivity index (χ1v) is 3.96. The first-order chi connectivity index (χ1) is 5.76. The maximum atomic E-state index is 10.7. The lowest BCUT2D eigenvalue weighted by atomic mass is 10.1. The van der Waals surface area contributed by atoms with E-state index in [9.17, 15) is 10.1 Å². The summed E-state index contributed by atoms with van der Waals surface area (Å²) in [6.07, 6.45) is 1.37. The van der Waals surface area contributed by atoms with Crippen molar-refractivity contribution in [2.24, 2.45) is 0 Å². The molecule has 1 aromatic carbocycles. The molecule has 12 heavy (non-hydrogen) atoms. The van der Waals surface area contributed by atoms with Gasteiger partial charge in [-0.15, -0.1) is 0 Å². The highest BCUT2D eigenvalue weighted by Crippen LogP contribution is 2.48. The number of benzene rings is 1. The summed E-state index contributed by atoms with van der Waals surface area (Å²) in [5.41, 5.74) is 0.108. The maximum absolute atomic E-state index is 10.7. The van der Waals surface area contributed by atoms with Crippen molar-refractivity contribution in [2.45, 2.75) is 18.4 Å². The molecule has 62 valence electrons. The van der Waals surface area contributed by atoms with E-state index < -0.39 is 5.54 Å². The minimum absolute atomic E-state index is 0.164. The second-order valence-electron chi connectivity index (χ2n) is 3.15. The van der Waals surface area contributed by atoms with Crippen LogP contribution in [0, 0.1) is 10.1 Å². The van der Waals surface area contributed by atoms with Crippen LogP contribution in [0.25, 0.3) is 0 Å². The molecule has 1 aliphatic carbocycles. The van der Waals surface area contributed by atoms with Crippen LogP contribution in [0.1, 0.15) is 18.4 Å². The first kappa shape index (κ1) is 7.28. The summed E-state index contributed by atoms with van der Waals surface area (Å²) in [6, 6.07) is 9.23. The number of hydrogen-bond donors (Lipinski definition) is 0. The van der Waals surface area contributed by atoms with Gasteiger partial charge in [0.15, 0.2) is 0 Å². The van der Waals surface area contributed by atoms with E-state index in [0.717, 1.165) is 5.56 Å². The Balaban J connectivity index is 2.37. The maximum Gasteiger partial charge on any atom is 0.247 e. The molecule has 0 aromatic heterocycles. The van der Waals surface area contributed by atoms with Gasteiger partial charge in [-0.05, 0) is 0 Å². The Morgan fingerprint density at radius 1 is 1.25 bits per heavy atom. The van der Waals surface area contributed by atoms with Crippen molar-refractivity contribution in [3.8, 4) is 0 Å². The molecule has 0 bridgehead atoms. The van der Waals surface area contributed by atoms with Crippen molar-refractivity contribution in [1.82, 2.24) is 0 Å². The van der Waals surface area contributed by atoms with Gasteiger partial charge in [-0.3, -0.25) is 10.1 Å². The van der Waals surface area contributed by atoms with Gasteiger partial charge in [0.2, 0.25) is 5.54 Å². The van der Waals surface area contributed by atoms with Gasteiger partial charge < -0.3 is 0 Å². The summed E-state index contributed by atoms with van der Waals surface area (Å²) in [5.74, 6) is 0. The largest absolute Gasteiger partial charge is 0.264 e. The first-order valence-electron chi connectivity index (χ1n) is 3.96. The fourth-order valence-corrected chi connectivity index (χ4v) is 1.44. The molecule has 2 rings (SSSR count). The molecule has 1 aromatic rings. The standard InChI is InChI=1S/C9H9NO2/c11-10(12)9(6-7-9)8-4-2-1-3-5-8/h1-5H,6-7H2. The third-order valence-electron chi connectivity index (χ3n) is 2.38. The highest BCUT2D eigenvalue weighted by atomic mass is 16.6. The van der Waals surface area contributed by atoms with Gasteiger partial charge >= 0.3 is 0 Å². The minimum atomic E-state index is -0.735. The Bertz CT molecular complexity index is 304. The van der Waals surface area contributed by atoms with Crippen molar-refractivity contribution in [2.75, 3.05) is 0 Å². The lowest BCUT2D eigenvalue weighted by Gasteiger charge is -2.05. The number of hydrogen-bond acceptors (Lipinski definition) is 2. The highest BCUT2D eigenvalue weighted by molar-refractivity contribution is 5.26. The molecule has 0 atom stereocenters. The van der Waals surface area contributed by atoms with Crippen molar-refractivity contribution in [3.05, 3.63) is 46.0 Å². The molecule has 0 radical (unpaired) electrons. The average molecular weight is 163 g/mol. The Hall–Kier alpha value is -1.38. The van der Waals surface area contributed by atoms with Gasteiger partial charge in [0.1, 0.15) is 0 Å². The van der Waals surface area contributed by atoms with Gasteiger partial charge in [-0.1, -0.05) is 30.3 Å². The topological polar surface area (TPSA) is 43.1 Å². The molecule has 0 spiro atoms. The molecule has 1 aliphatic rings. The van der Waals surface area contributed by atoms with Crippen molar-refractivity contribution in [1.29, 1.82) is 0 Å². The third kappa shape index (κ3) is 0.897. The Morgan fingerprint density at radius 2 is 1.83 bits per heavy atom. The molecule has 0 unspecified atom stereocenters. The van der Waals surface area contributed by atoms with Crippen LogP contribution in [0.4, 0.5) is 0 Å². The monoisotopic (exact) mass is 163 g/mol. The molecule has 1 fully saturated rings. The van der Waals surface area contributed by atoms with E-state index in [0.29, 0.717) is 12.8 Å². The average Bonchev–Trinajstić information content (AvgIpc) is 2.86. The molecular formula is C9H9NO2. The smallest absolute Gasteiger partial charge is 0.247 e. The molecule has 3 nitrogen and oxygen atoms in total. The Kier molecular flexibility index (Phi) is 1.40. The molecule has 0 N–H and O–H groups in total.